The summed E-state index contributed by atoms with van der Waals surface area (Å²) >= 11 is 7.74. The molecule has 4 rings (SSSR count). The zero-order chi connectivity index (χ0) is 20.4. The second kappa shape index (κ2) is 8.65. The predicted octanol–water partition coefficient (Wildman–Crippen LogP) is 3.94. The van der Waals surface area contributed by atoms with Crippen molar-refractivity contribution in [2.24, 2.45) is 0 Å². The normalized spacial score (nSPS) is 16.2. The minimum Gasteiger partial charge on any atom is -0.468 e. The van der Waals surface area contributed by atoms with Gasteiger partial charge in [-0.25, -0.2) is 14.8 Å². The Balaban J connectivity index is 1.54. The number of nitrogens with zero attached hydrogens (tertiary/aromatic N) is 4. The highest BCUT2D eigenvalue weighted by molar-refractivity contribution is 7.18. The maximum absolute atomic E-state index is 12.5. The van der Waals surface area contributed by atoms with E-state index in [1.165, 1.54) is 12.0 Å². The Labute approximate surface area is 179 Å². The molecular weight excluding hydrogens is 408 g/mol. The molecule has 0 saturated carbocycles. The molecule has 1 aliphatic rings. The predicted molar refractivity (Wildman–Crippen MR) is 117 cm³/mol. The van der Waals surface area contributed by atoms with Gasteiger partial charge in [0.15, 0.2) is 0 Å². The highest BCUT2D eigenvalue weighted by atomic mass is 35.5. The number of thiophene rings is 1. The quantitative estimate of drug-likeness (QED) is 0.571. The van der Waals surface area contributed by atoms with Crippen molar-refractivity contribution in [3.8, 4) is 0 Å². The molecule has 0 amide bonds. The van der Waals surface area contributed by atoms with Gasteiger partial charge in [0.2, 0.25) is 0 Å². The minimum absolute atomic E-state index is 0.254. The largest absolute Gasteiger partial charge is 0.468 e. The molecule has 1 aliphatic heterocycles. The highest BCUT2D eigenvalue weighted by Crippen LogP contribution is 2.32. The number of hydrogen-bond donors (Lipinski definition) is 0. The van der Waals surface area contributed by atoms with E-state index < -0.39 is 6.04 Å². The van der Waals surface area contributed by atoms with Crippen LogP contribution in [0, 0.1) is 0 Å². The van der Waals surface area contributed by atoms with Gasteiger partial charge in [-0.05, 0) is 30.2 Å². The van der Waals surface area contributed by atoms with Gasteiger partial charge in [-0.2, -0.15) is 0 Å². The van der Waals surface area contributed by atoms with Crippen LogP contribution in [0.5, 0.6) is 0 Å². The average Bonchev–Trinajstić information content (AvgIpc) is 3.19. The van der Waals surface area contributed by atoms with Crippen LogP contribution in [0.3, 0.4) is 0 Å². The lowest BCUT2D eigenvalue weighted by Crippen LogP contribution is -2.49. The van der Waals surface area contributed by atoms with Crippen molar-refractivity contribution in [3.63, 3.8) is 0 Å². The number of methoxy groups -OCH3 is 1. The molecule has 0 radical (unpaired) electrons. The Morgan fingerprint density at radius 2 is 1.93 bits per heavy atom. The van der Waals surface area contributed by atoms with Crippen LogP contribution in [0.15, 0.2) is 36.7 Å². The molecular formula is C21H23ClN4O2S. The summed E-state index contributed by atoms with van der Waals surface area (Å²) < 4.78 is 5.09. The first-order chi connectivity index (χ1) is 14.1. The Bertz CT molecular complexity index is 1000. The van der Waals surface area contributed by atoms with Crippen molar-refractivity contribution in [2.45, 2.75) is 19.4 Å². The summed E-state index contributed by atoms with van der Waals surface area (Å²) in [6.45, 7) is 5.19. The van der Waals surface area contributed by atoms with Crippen LogP contribution < -0.4 is 4.90 Å². The Kier molecular flexibility index (Phi) is 5.99. The van der Waals surface area contributed by atoms with E-state index in [2.05, 4.69) is 32.8 Å². The number of aryl methyl sites for hydroxylation is 1. The lowest BCUT2D eigenvalue weighted by Gasteiger charge is -2.38. The van der Waals surface area contributed by atoms with Gasteiger partial charge in [0, 0.05) is 36.1 Å². The van der Waals surface area contributed by atoms with E-state index in [-0.39, 0.29) is 5.97 Å². The molecule has 6 nitrogen and oxygen atoms in total. The van der Waals surface area contributed by atoms with Gasteiger partial charge in [-0.15, -0.1) is 11.3 Å². The van der Waals surface area contributed by atoms with Crippen molar-refractivity contribution < 1.29 is 9.53 Å². The summed E-state index contributed by atoms with van der Waals surface area (Å²) in [6.07, 6.45) is 2.64. The van der Waals surface area contributed by atoms with Crippen molar-refractivity contribution >= 4 is 44.9 Å². The van der Waals surface area contributed by atoms with Gasteiger partial charge in [-0.3, -0.25) is 4.90 Å². The first-order valence-corrected chi connectivity index (χ1v) is 10.9. The maximum Gasteiger partial charge on any atom is 0.327 e. The molecule has 0 aliphatic carbocycles. The number of hydrogen-bond acceptors (Lipinski definition) is 7. The molecule has 29 heavy (non-hydrogen) atoms. The third kappa shape index (κ3) is 4.08. The van der Waals surface area contributed by atoms with E-state index in [0.29, 0.717) is 5.02 Å². The zero-order valence-electron chi connectivity index (χ0n) is 16.5. The monoisotopic (exact) mass is 430 g/mol. The fourth-order valence-corrected chi connectivity index (χ4v) is 4.82. The number of anilines is 1. The third-order valence-corrected chi connectivity index (χ3v) is 6.74. The van der Waals surface area contributed by atoms with Crippen LogP contribution in [0.1, 0.15) is 23.4 Å². The number of rotatable bonds is 5. The second-order valence-corrected chi connectivity index (χ2v) is 8.53. The fourth-order valence-electron chi connectivity index (χ4n) is 3.76. The second-order valence-electron chi connectivity index (χ2n) is 6.98. The van der Waals surface area contributed by atoms with Gasteiger partial charge < -0.3 is 9.64 Å². The fraction of sp³-hybridized carbons (Fsp3) is 0.381. The molecule has 152 valence electrons. The minimum atomic E-state index is -0.433. The third-order valence-electron chi connectivity index (χ3n) is 5.30. The van der Waals surface area contributed by atoms with Gasteiger partial charge in [0.05, 0.1) is 12.5 Å². The number of piperazine rings is 1. The SMILES string of the molecule is CCc1cc2c(N3CCN([C@H](C(=O)OC)c4ccc(Cl)cc4)CC3)ncnc2s1. The number of aromatic nitrogens is 2. The van der Waals surface area contributed by atoms with Crippen molar-refractivity contribution in [1.29, 1.82) is 0 Å². The number of carbonyl (C=O) groups is 1. The molecule has 2 aromatic heterocycles. The average molecular weight is 431 g/mol. The molecule has 1 fully saturated rings. The summed E-state index contributed by atoms with van der Waals surface area (Å²) in [5.74, 6) is 0.724. The molecule has 8 heteroatoms. The number of esters is 1. The highest BCUT2D eigenvalue weighted by Gasteiger charge is 2.32. The zero-order valence-corrected chi connectivity index (χ0v) is 18.0. The Morgan fingerprint density at radius 3 is 2.59 bits per heavy atom. The molecule has 0 spiro atoms. The lowest BCUT2D eigenvalue weighted by molar-refractivity contribution is -0.147. The molecule has 1 aromatic carbocycles. The number of benzene rings is 1. The molecule has 3 aromatic rings. The summed E-state index contributed by atoms with van der Waals surface area (Å²) in [4.78, 5) is 28.3. The van der Waals surface area contributed by atoms with Crippen LogP contribution >= 0.6 is 22.9 Å². The van der Waals surface area contributed by atoms with Crippen LogP contribution in [0.2, 0.25) is 5.02 Å². The molecule has 0 unspecified atom stereocenters. The number of halogens is 1. The van der Waals surface area contributed by atoms with E-state index in [9.17, 15) is 4.79 Å². The standard InChI is InChI=1S/C21H23ClN4O2S/c1-3-16-12-17-19(23-13-24-20(17)29-16)26-10-8-25(9-11-26)18(21(27)28-2)14-4-6-15(22)7-5-14/h4-7,12-13,18H,3,8-11H2,1-2H3/t18-/m0/s1. The van der Waals surface area contributed by atoms with E-state index in [1.54, 1.807) is 17.7 Å². The van der Waals surface area contributed by atoms with E-state index in [1.807, 2.05) is 24.3 Å². The first-order valence-electron chi connectivity index (χ1n) is 9.66. The summed E-state index contributed by atoms with van der Waals surface area (Å²) in [5, 5.41) is 1.77. The van der Waals surface area contributed by atoms with Crippen molar-refractivity contribution in [1.82, 2.24) is 14.9 Å². The lowest BCUT2D eigenvalue weighted by atomic mass is 10.0. The topological polar surface area (TPSA) is 58.6 Å². The van der Waals surface area contributed by atoms with Gasteiger partial charge in [0.1, 0.15) is 23.0 Å². The van der Waals surface area contributed by atoms with Gasteiger partial charge in [0.25, 0.3) is 0 Å². The number of carbonyl (C=O) groups excluding carboxylic acids is 1. The number of fused-ring (bicyclic) bond motifs is 1. The Morgan fingerprint density at radius 1 is 1.21 bits per heavy atom. The summed E-state index contributed by atoms with van der Waals surface area (Å²) in [7, 11) is 1.43. The Hall–Kier alpha value is -2.22. The molecule has 1 saturated heterocycles. The van der Waals surface area contributed by atoms with Crippen molar-refractivity contribution in [3.05, 3.63) is 52.1 Å². The first kappa shape index (κ1) is 20.1. The van der Waals surface area contributed by atoms with Crippen LogP contribution in [-0.2, 0) is 16.0 Å². The smallest absolute Gasteiger partial charge is 0.327 e. The van der Waals surface area contributed by atoms with Crippen LogP contribution in [0.4, 0.5) is 5.82 Å². The maximum atomic E-state index is 12.5. The summed E-state index contributed by atoms with van der Waals surface area (Å²) in [5.41, 5.74) is 0.893. The van der Waals surface area contributed by atoms with Crippen LogP contribution in [-0.4, -0.2) is 54.1 Å². The molecule has 3 heterocycles. The summed E-state index contributed by atoms with van der Waals surface area (Å²) in [6, 6.07) is 9.17. The van der Waals surface area contributed by atoms with E-state index in [0.717, 1.165) is 54.2 Å². The molecule has 1 atom stereocenters. The van der Waals surface area contributed by atoms with E-state index >= 15 is 0 Å². The molecule has 0 bridgehead atoms. The van der Waals surface area contributed by atoms with Gasteiger partial charge >= 0.3 is 5.97 Å². The number of ether oxygens (including phenoxy) is 1. The van der Waals surface area contributed by atoms with E-state index in [4.69, 9.17) is 16.3 Å². The van der Waals surface area contributed by atoms with Gasteiger partial charge in [-0.1, -0.05) is 30.7 Å². The molecule has 0 N–H and O–H groups in total. The van der Waals surface area contributed by atoms with Crippen LogP contribution in [0.25, 0.3) is 10.2 Å². The van der Waals surface area contributed by atoms with Crippen molar-refractivity contribution in [2.75, 3.05) is 38.2 Å².